The number of benzene rings is 2. The molecule has 0 heterocycles. The molecule has 0 aromatic heterocycles. The van der Waals surface area contributed by atoms with Crippen LogP contribution in [0.4, 0.5) is 4.39 Å². The van der Waals surface area contributed by atoms with Crippen LogP contribution in [0.5, 0.6) is 11.5 Å². The molecule has 0 aliphatic heterocycles. The summed E-state index contributed by atoms with van der Waals surface area (Å²) in [5.74, 6) is 0.991. The van der Waals surface area contributed by atoms with Crippen molar-refractivity contribution in [2.75, 3.05) is 0 Å². The Morgan fingerprint density at radius 2 is 2.06 bits per heavy atom. The van der Waals surface area contributed by atoms with Crippen molar-refractivity contribution in [3.8, 4) is 11.5 Å². The predicted molar refractivity (Wildman–Crippen MR) is 73.2 cm³/mol. The maximum Gasteiger partial charge on any atom is 0.141 e. The quantitative estimate of drug-likeness (QED) is 0.924. The Kier molecular flexibility index (Phi) is 3.99. The van der Waals surface area contributed by atoms with E-state index in [4.69, 9.17) is 10.5 Å². The Labute approximate surface area is 114 Å². The van der Waals surface area contributed by atoms with Crippen molar-refractivity contribution in [1.82, 2.24) is 0 Å². The fourth-order valence-corrected chi connectivity index (χ4v) is 2.12. The second-order valence-corrected chi connectivity index (χ2v) is 4.80. The molecule has 4 heteroatoms. The van der Waals surface area contributed by atoms with Crippen LogP contribution in [0, 0.1) is 12.7 Å². The standard InChI is InChI=1S/C14H13BrFNO/c1-9-3-2-4-10(8-17)14(9)18-13-6-5-11(16)7-12(13)15/h2-7H,8,17H2,1H3. The summed E-state index contributed by atoms with van der Waals surface area (Å²) in [6.07, 6.45) is 0. The third-order valence-electron chi connectivity index (χ3n) is 2.62. The molecule has 2 N–H and O–H groups in total. The molecule has 2 aromatic rings. The van der Waals surface area contributed by atoms with E-state index in [1.807, 2.05) is 25.1 Å². The second kappa shape index (κ2) is 5.50. The molecule has 2 aromatic carbocycles. The molecular formula is C14H13BrFNO. The van der Waals surface area contributed by atoms with E-state index in [-0.39, 0.29) is 5.82 Å². The zero-order chi connectivity index (χ0) is 13.1. The smallest absolute Gasteiger partial charge is 0.141 e. The first kappa shape index (κ1) is 13.1. The van der Waals surface area contributed by atoms with Gasteiger partial charge in [-0.1, -0.05) is 18.2 Å². The Hall–Kier alpha value is -1.39. The van der Waals surface area contributed by atoms with E-state index >= 15 is 0 Å². The van der Waals surface area contributed by atoms with E-state index in [1.54, 1.807) is 6.07 Å². The van der Waals surface area contributed by atoms with Gasteiger partial charge in [-0.3, -0.25) is 0 Å². The third-order valence-corrected chi connectivity index (χ3v) is 3.24. The summed E-state index contributed by atoms with van der Waals surface area (Å²) >= 11 is 3.28. The van der Waals surface area contributed by atoms with Gasteiger partial charge in [0.1, 0.15) is 17.3 Å². The van der Waals surface area contributed by atoms with Gasteiger partial charge in [0, 0.05) is 12.1 Å². The molecule has 0 aliphatic carbocycles. The minimum Gasteiger partial charge on any atom is -0.456 e. The Bertz CT molecular complexity index is 572. The Balaban J connectivity index is 2.39. The number of hydrogen-bond acceptors (Lipinski definition) is 2. The van der Waals surface area contributed by atoms with Crippen molar-refractivity contribution in [3.05, 3.63) is 57.8 Å². The number of aryl methyl sites for hydroxylation is 1. The lowest BCUT2D eigenvalue weighted by molar-refractivity contribution is 0.467. The topological polar surface area (TPSA) is 35.2 Å². The summed E-state index contributed by atoms with van der Waals surface area (Å²) in [4.78, 5) is 0. The second-order valence-electron chi connectivity index (χ2n) is 3.94. The summed E-state index contributed by atoms with van der Waals surface area (Å²) in [5.41, 5.74) is 7.60. The number of para-hydroxylation sites is 1. The van der Waals surface area contributed by atoms with E-state index in [1.165, 1.54) is 12.1 Å². The number of halogens is 2. The lowest BCUT2D eigenvalue weighted by atomic mass is 10.1. The Morgan fingerprint density at radius 3 is 2.72 bits per heavy atom. The van der Waals surface area contributed by atoms with Crippen LogP contribution in [-0.2, 0) is 6.54 Å². The summed E-state index contributed by atoms with van der Waals surface area (Å²) in [7, 11) is 0. The van der Waals surface area contributed by atoms with E-state index in [9.17, 15) is 4.39 Å². The van der Waals surface area contributed by atoms with Gasteiger partial charge in [0.25, 0.3) is 0 Å². The molecule has 0 unspecified atom stereocenters. The van der Waals surface area contributed by atoms with Gasteiger partial charge >= 0.3 is 0 Å². The average molecular weight is 310 g/mol. The summed E-state index contributed by atoms with van der Waals surface area (Å²) in [6.45, 7) is 2.35. The van der Waals surface area contributed by atoms with Gasteiger partial charge in [0.15, 0.2) is 0 Å². The molecule has 94 valence electrons. The maximum atomic E-state index is 13.0. The molecule has 0 amide bonds. The summed E-state index contributed by atoms with van der Waals surface area (Å²) in [5, 5.41) is 0. The highest BCUT2D eigenvalue weighted by Crippen LogP contribution is 2.33. The number of nitrogens with two attached hydrogens (primary N) is 1. The summed E-state index contributed by atoms with van der Waals surface area (Å²) in [6, 6.07) is 10.1. The van der Waals surface area contributed by atoms with Crippen LogP contribution in [0.3, 0.4) is 0 Å². The molecule has 0 radical (unpaired) electrons. The number of ether oxygens (including phenoxy) is 1. The molecule has 0 saturated carbocycles. The van der Waals surface area contributed by atoms with Gasteiger partial charge in [-0.2, -0.15) is 0 Å². The van der Waals surface area contributed by atoms with Crippen LogP contribution in [0.15, 0.2) is 40.9 Å². The van der Waals surface area contributed by atoms with Crippen molar-refractivity contribution in [2.24, 2.45) is 5.73 Å². The molecule has 0 spiro atoms. The van der Waals surface area contributed by atoms with Crippen LogP contribution in [-0.4, -0.2) is 0 Å². The maximum absolute atomic E-state index is 13.0. The Morgan fingerprint density at radius 1 is 1.28 bits per heavy atom. The molecule has 18 heavy (non-hydrogen) atoms. The number of hydrogen-bond donors (Lipinski definition) is 1. The van der Waals surface area contributed by atoms with Gasteiger partial charge in [-0.05, 0) is 46.6 Å². The van der Waals surface area contributed by atoms with Crippen LogP contribution in [0.25, 0.3) is 0 Å². The molecule has 0 bridgehead atoms. The van der Waals surface area contributed by atoms with Crippen LogP contribution < -0.4 is 10.5 Å². The minimum atomic E-state index is -0.307. The summed E-state index contributed by atoms with van der Waals surface area (Å²) < 4.78 is 19.4. The van der Waals surface area contributed by atoms with Gasteiger partial charge < -0.3 is 10.5 Å². The first-order chi connectivity index (χ1) is 8.61. The van der Waals surface area contributed by atoms with Gasteiger partial charge in [0.2, 0.25) is 0 Å². The van der Waals surface area contributed by atoms with Crippen molar-refractivity contribution in [2.45, 2.75) is 13.5 Å². The molecule has 0 aliphatic rings. The van der Waals surface area contributed by atoms with E-state index in [0.29, 0.717) is 16.8 Å². The van der Waals surface area contributed by atoms with E-state index < -0.39 is 0 Å². The van der Waals surface area contributed by atoms with Crippen molar-refractivity contribution in [3.63, 3.8) is 0 Å². The molecule has 0 fully saturated rings. The van der Waals surface area contributed by atoms with E-state index in [2.05, 4.69) is 15.9 Å². The molecule has 0 saturated heterocycles. The van der Waals surface area contributed by atoms with Gasteiger partial charge in [-0.25, -0.2) is 4.39 Å². The first-order valence-corrected chi connectivity index (χ1v) is 6.32. The van der Waals surface area contributed by atoms with Crippen LogP contribution in [0.2, 0.25) is 0 Å². The number of rotatable bonds is 3. The van der Waals surface area contributed by atoms with Gasteiger partial charge in [-0.15, -0.1) is 0 Å². The highest BCUT2D eigenvalue weighted by Gasteiger charge is 2.09. The first-order valence-electron chi connectivity index (χ1n) is 5.53. The molecular weight excluding hydrogens is 297 g/mol. The minimum absolute atomic E-state index is 0.307. The zero-order valence-corrected chi connectivity index (χ0v) is 11.5. The predicted octanol–water partition coefficient (Wildman–Crippen LogP) is 4.15. The zero-order valence-electron chi connectivity index (χ0n) is 9.91. The highest BCUT2D eigenvalue weighted by molar-refractivity contribution is 9.10. The molecule has 0 atom stereocenters. The fraction of sp³-hybridized carbons (Fsp3) is 0.143. The van der Waals surface area contributed by atoms with Crippen molar-refractivity contribution >= 4 is 15.9 Å². The fourth-order valence-electron chi connectivity index (χ4n) is 1.69. The largest absolute Gasteiger partial charge is 0.456 e. The lowest BCUT2D eigenvalue weighted by Gasteiger charge is -2.13. The van der Waals surface area contributed by atoms with Crippen molar-refractivity contribution in [1.29, 1.82) is 0 Å². The van der Waals surface area contributed by atoms with Crippen LogP contribution >= 0.6 is 15.9 Å². The lowest BCUT2D eigenvalue weighted by Crippen LogP contribution is -2.01. The van der Waals surface area contributed by atoms with E-state index in [0.717, 1.165) is 16.9 Å². The SMILES string of the molecule is Cc1cccc(CN)c1Oc1ccc(F)cc1Br. The normalized spacial score (nSPS) is 10.4. The van der Waals surface area contributed by atoms with Gasteiger partial charge in [0.05, 0.1) is 4.47 Å². The third kappa shape index (κ3) is 2.71. The molecule has 2 rings (SSSR count). The van der Waals surface area contributed by atoms with Crippen LogP contribution in [0.1, 0.15) is 11.1 Å². The average Bonchev–Trinajstić information content (AvgIpc) is 2.34. The highest BCUT2D eigenvalue weighted by atomic mass is 79.9. The van der Waals surface area contributed by atoms with Crippen molar-refractivity contribution < 1.29 is 9.13 Å². The molecule has 2 nitrogen and oxygen atoms in total. The monoisotopic (exact) mass is 309 g/mol.